The summed E-state index contributed by atoms with van der Waals surface area (Å²) in [5.74, 6) is -3.30. The molecule has 0 aliphatic heterocycles. The van der Waals surface area contributed by atoms with Gasteiger partial charge in [0.15, 0.2) is 11.6 Å². The van der Waals surface area contributed by atoms with Gasteiger partial charge in [-0.25, -0.2) is 8.78 Å². The number of nitrogens with zero attached hydrogens (tertiary/aromatic N) is 1. The predicted octanol–water partition coefficient (Wildman–Crippen LogP) is 1.35. The smallest absolute Gasteiger partial charge is 0.307 e. The average Bonchev–Trinajstić information content (AvgIpc) is 2.44. The van der Waals surface area contributed by atoms with Crippen molar-refractivity contribution in [2.45, 2.75) is 19.4 Å². The maximum atomic E-state index is 13.2. The summed E-state index contributed by atoms with van der Waals surface area (Å²) >= 11 is 0. The molecule has 0 fully saturated rings. The van der Waals surface area contributed by atoms with E-state index in [4.69, 9.17) is 0 Å². The molecule has 0 spiro atoms. The number of aliphatic hydroxyl groups excluding tert-OH is 1. The molecule has 7 heteroatoms. The number of carbonyl (C=O) groups excluding carboxylic acids is 2. The highest BCUT2D eigenvalue weighted by Crippen LogP contribution is 2.12. The molecule has 116 valence electrons. The van der Waals surface area contributed by atoms with Crippen LogP contribution >= 0.6 is 0 Å². The van der Waals surface area contributed by atoms with Crippen molar-refractivity contribution < 1.29 is 28.2 Å². The van der Waals surface area contributed by atoms with Crippen LogP contribution < -0.4 is 0 Å². The van der Waals surface area contributed by atoms with Gasteiger partial charge in [-0.05, 0) is 25.1 Å². The van der Waals surface area contributed by atoms with Crippen molar-refractivity contribution in [2.75, 3.05) is 20.2 Å². The lowest BCUT2D eigenvalue weighted by Gasteiger charge is -2.23. The molecule has 1 rings (SSSR count). The van der Waals surface area contributed by atoms with E-state index in [0.717, 1.165) is 18.2 Å². The minimum absolute atomic E-state index is 0.00933. The maximum Gasteiger partial charge on any atom is 0.307 e. The lowest BCUT2D eigenvalue weighted by atomic mass is 10.1. The number of hydrogen-bond acceptors (Lipinski definition) is 4. The normalized spacial score (nSPS) is 11.9. The number of carbonyl (C=O) groups is 2. The number of ether oxygens (including phenoxy) is 1. The van der Waals surface area contributed by atoms with Crippen molar-refractivity contribution in [3.8, 4) is 0 Å². The van der Waals surface area contributed by atoms with Crippen LogP contribution in [0.25, 0.3) is 0 Å². The first-order chi connectivity index (χ1) is 9.85. The molecule has 0 heterocycles. The topological polar surface area (TPSA) is 66.8 Å². The molecule has 0 radical (unpaired) electrons. The Hall–Kier alpha value is -2.02. The molecule has 1 unspecified atom stereocenters. The van der Waals surface area contributed by atoms with Crippen molar-refractivity contribution >= 4 is 11.9 Å². The highest BCUT2D eigenvalue weighted by atomic mass is 19.2. The molecule has 1 aromatic rings. The molecular weight excluding hydrogens is 284 g/mol. The SMILES string of the molecule is COC(=O)CCN(CC(C)O)C(=O)c1ccc(F)c(F)c1. The maximum absolute atomic E-state index is 13.2. The van der Waals surface area contributed by atoms with Crippen LogP contribution in [0, 0.1) is 11.6 Å². The fourth-order valence-corrected chi connectivity index (χ4v) is 1.73. The highest BCUT2D eigenvalue weighted by Gasteiger charge is 2.20. The number of methoxy groups -OCH3 is 1. The van der Waals surface area contributed by atoms with Crippen molar-refractivity contribution in [3.63, 3.8) is 0 Å². The van der Waals surface area contributed by atoms with Gasteiger partial charge in [-0.2, -0.15) is 0 Å². The lowest BCUT2D eigenvalue weighted by molar-refractivity contribution is -0.140. The van der Waals surface area contributed by atoms with Gasteiger partial charge in [-0.1, -0.05) is 0 Å². The number of amides is 1. The Morgan fingerprint density at radius 1 is 1.33 bits per heavy atom. The van der Waals surface area contributed by atoms with Gasteiger partial charge in [0.05, 0.1) is 19.6 Å². The third-order valence-corrected chi connectivity index (χ3v) is 2.75. The summed E-state index contributed by atoms with van der Waals surface area (Å²) in [6, 6.07) is 2.78. The van der Waals surface area contributed by atoms with Crippen LogP contribution in [0.2, 0.25) is 0 Å². The molecule has 0 aromatic heterocycles. The van der Waals surface area contributed by atoms with Crippen molar-refractivity contribution in [1.82, 2.24) is 4.90 Å². The Bertz CT molecular complexity index is 520. The molecule has 0 saturated heterocycles. The Kier molecular flexibility index (Phi) is 6.23. The number of rotatable bonds is 6. The first-order valence-corrected chi connectivity index (χ1v) is 6.34. The standard InChI is InChI=1S/C14H17F2NO4/c1-9(18)8-17(6-5-13(19)21-2)14(20)10-3-4-11(15)12(16)7-10/h3-4,7,9,18H,5-6,8H2,1-2H3. The summed E-state index contributed by atoms with van der Waals surface area (Å²) in [5, 5.41) is 9.40. The molecule has 0 aliphatic carbocycles. The number of benzene rings is 1. The van der Waals surface area contributed by atoms with Gasteiger partial charge >= 0.3 is 5.97 Å². The van der Waals surface area contributed by atoms with Gasteiger partial charge < -0.3 is 14.7 Å². The monoisotopic (exact) mass is 301 g/mol. The van der Waals surface area contributed by atoms with E-state index in [0.29, 0.717) is 0 Å². The number of aliphatic hydroxyl groups is 1. The molecule has 21 heavy (non-hydrogen) atoms. The van der Waals surface area contributed by atoms with Crippen LogP contribution in [0.1, 0.15) is 23.7 Å². The summed E-state index contributed by atoms with van der Waals surface area (Å²) in [7, 11) is 1.22. The zero-order valence-electron chi connectivity index (χ0n) is 11.8. The summed E-state index contributed by atoms with van der Waals surface area (Å²) in [5.41, 5.74) is -0.0561. The van der Waals surface area contributed by atoms with Crippen molar-refractivity contribution in [3.05, 3.63) is 35.4 Å². The number of hydrogen-bond donors (Lipinski definition) is 1. The molecule has 1 aromatic carbocycles. The zero-order chi connectivity index (χ0) is 16.0. The summed E-state index contributed by atoms with van der Waals surface area (Å²) in [6.07, 6.45) is -0.879. The summed E-state index contributed by atoms with van der Waals surface area (Å²) in [6.45, 7) is 1.45. The number of esters is 1. The fourth-order valence-electron chi connectivity index (χ4n) is 1.73. The molecule has 5 nitrogen and oxygen atoms in total. The Morgan fingerprint density at radius 3 is 2.52 bits per heavy atom. The predicted molar refractivity (Wildman–Crippen MR) is 70.6 cm³/mol. The molecular formula is C14H17F2NO4. The van der Waals surface area contributed by atoms with E-state index >= 15 is 0 Å². The summed E-state index contributed by atoms with van der Waals surface area (Å²) < 4.78 is 30.5. The van der Waals surface area contributed by atoms with Gasteiger partial charge in [0.2, 0.25) is 0 Å². The average molecular weight is 301 g/mol. The molecule has 1 amide bonds. The largest absolute Gasteiger partial charge is 0.469 e. The molecule has 0 aliphatic rings. The van der Waals surface area contributed by atoms with Crippen molar-refractivity contribution in [1.29, 1.82) is 0 Å². The van der Waals surface area contributed by atoms with E-state index in [2.05, 4.69) is 4.74 Å². The first kappa shape index (κ1) is 17.0. The van der Waals surface area contributed by atoms with Gasteiger partial charge in [-0.15, -0.1) is 0 Å². The first-order valence-electron chi connectivity index (χ1n) is 6.34. The van der Waals surface area contributed by atoms with Gasteiger partial charge in [-0.3, -0.25) is 9.59 Å². The second-order valence-corrected chi connectivity index (χ2v) is 4.56. The Balaban J connectivity index is 2.87. The Labute approximate surface area is 121 Å². The second-order valence-electron chi connectivity index (χ2n) is 4.56. The van der Waals surface area contributed by atoms with Gasteiger partial charge in [0.25, 0.3) is 5.91 Å². The van der Waals surface area contributed by atoms with E-state index in [1.807, 2.05) is 0 Å². The van der Waals surface area contributed by atoms with Crippen LogP contribution in [0.5, 0.6) is 0 Å². The molecule has 1 N–H and O–H groups in total. The Morgan fingerprint density at radius 2 is 2.00 bits per heavy atom. The van der Waals surface area contributed by atoms with E-state index < -0.39 is 29.6 Å². The lowest BCUT2D eigenvalue weighted by Crippen LogP contribution is -2.38. The van der Waals surface area contributed by atoms with Crippen LogP contribution in [0.3, 0.4) is 0 Å². The van der Waals surface area contributed by atoms with E-state index in [1.165, 1.54) is 18.9 Å². The van der Waals surface area contributed by atoms with Crippen LogP contribution in [-0.2, 0) is 9.53 Å². The van der Waals surface area contributed by atoms with Crippen LogP contribution in [-0.4, -0.2) is 48.2 Å². The summed E-state index contributed by atoms with van der Waals surface area (Å²) in [4.78, 5) is 24.5. The third-order valence-electron chi connectivity index (χ3n) is 2.75. The minimum atomic E-state index is -1.13. The second kappa shape index (κ2) is 7.68. The third kappa shape index (κ3) is 5.11. The van der Waals surface area contributed by atoms with E-state index in [-0.39, 0.29) is 25.1 Å². The number of halogens is 2. The van der Waals surface area contributed by atoms with E-state index in [9.17, 15) is 23.5 Å². The van der Waals surface area contributed by atoms with Crippen LogP contribution in [0.4, 0.5) is 8.78 Å². The quantitative estimate of drug-likeness (QED) is 0.806. The van der Waals surface area contributed by atoms with E-state index in [1.54, 1.807) is 0 Å². The molecule has 0 saturated carbocycles. The molecule has 1 atom stereocenters. The minimum Gasteiger partial charge on any atom is -0.469 e. The fraction of sp³-hybridized carbons (Fsp3) is 0.429. The zero-order valence-corrected chi connectivity index (χ0v) is 11.8. The van der Waals surface area contributed by atoms with Gasteiger partial charge in [0, 0.05) is 18.7 Å². The van der Waals surface area contributed by atoms with Crippen molar-refractivity contribution in [2.24, 2.45) is 0 Å². The highest BCUT2D eigenvalue weighted by molar-refractivity contribution is 5.94. The molecule has 0 bridgehead atoms. The van der Waals surface area contributed by atoms with Crippen LogP contribution in [0.15, 0.2) is 18.2 Å². The van der Waals surface area contributed by atoms with Gasteiger partial charge in [0.1, 0.15) is 0 Å².